The van der Waals surface area contributed by atoms with Crippen LogP contribution in [-0.4, -0.2) is 30.0 Å². The van der Waals surface area contributed by atoms with E-state index in [1.165, 1.54) is 5.56 Å². The average molecular weight is 271 g/mol. The van der Waals surface area contributed by atoms with Gasteiger partial charge in [-0.15, -0.1) is 0 Å². The summed E-state index contributed by atoms with van der Waals surface area (Å²) in [5, 5.41) is 16.0. The van der Waals surface area contributed by atoms with Gasteiger partial charge in [-0.25, -0.2) is 4.79 Å². The number of rotatable bonds is 5. The maximum atomic E-state index is 11.5. The molecule has 0 spiro atoms. The van der Waals surface area contributed by atoms with Gasteiger partial charge in [0.25, 0.3) is 0 Å². The van der Waals surface area contributed by atoms with E-state index in [1.54, 1.807) is 11.3 Å². The van der Waals surface area contributed by atoms with Gasteiger partial charge in [-0.2, -0.15) is 11.3 Å². The molecule has 5 heteroatoms. The highest BCUT2D eigenvalue weighted by atomic mass is 32.1. The highest BCUT2D eigenvalue weighted by Crippen LogP contribution is 2.12. The van der Waals surface area contributed by atoms with Crippen molar-refractivity contribution in [2.75, 3.05) is 13.2 Å². The van der Waals surface area contributed by atoms with Crippen LogP contribution in [0.2, 0.25) is 0 Å². The third-order valence-electron chi connectivity index (χ3n) is 2.30. The quantitative estimate of drug-likeness (QED) is 0.864. The highest BCUT2D eigenvalue weighted by Gasteiger charge is 2.17. The monoisotopic (exact) mass is 271 g/mol. The Labute approximate surface area is 112 Å². The molecular formula is C13H21NO3S. The molecule has 0 aromatic carbocycles. The van der Waals surface area contributed by atoms with Gasteiger partial charge >= 0.3 is 6.09 Å². The molecule has 4 nitrogen and oxygen atoms in total. The number of hydrogen-bond donors (Lipinski definition) is 2. The Morgan fingerprint density at radius 1 is 1.56 bits per heavy atom. The lowest BCUT2D eigenvalue weighted by atomic mass is 10.0. The largest absolute Gasteiger partial charge is 0.444 e. The molecule has 1 heterocycles. The number of alkyl carbamates (subject to hydrolysis) is 1. The van der Waals surface area contributed by atoms with E-state index in [0.717, 1.165) is 6.42 Å². The summed E-state index contributed by atoms with van der Waals surface area (Å²) in [7, 11) is 0. The fourth-order valence-electron chi connectivity index (χ4n) is 1.49. The van der Waals surface area contributed by atoms with Gasteiger partial charge in [0.15, 0.2) is 0 Å². The Morgan fingerprint density at radius 3 is 2.78 bits per heavy atom. The van der Waals surface area contributed by atoms with E-state index in [9.17, 15) is 9.90 Å². The van der Waals surface area contributed by atoms with Crippen molar-refractivity contribution in [3.63, 3.8) is 0 Å². The number of aliphatic hydroxyl groups is 1. The number of carbonyl (C=O) groups excluding carboxylic acids is 1. The normalized spacial score (nSPS) is 13.1. The van der Waals surface area contributed by atoms with Crippen molar-refractivity contribution in [3.05, 3.63) is 22.4 Å². The molecule has 0 bridgehead atoms. The summed E-state index contributed by atoms with van der Waals surface area (Å²) < 4.78 is 5.14. The van der Waals surface area contributed by atoms with Gasteiger partial charge in [0.2, 0.25) is 0 Å². The van der Waals surface area contributed by atoms with Crippen LogP contribution in [0.4, 0.5) is 4.79 Å². The molecule has 1 aromatic rings. The van der Waals surface area contributed by atoms with Crippen molar-refractivity contribution in [1.29, 1.82) is 0 Å². The lowest BCUT2D eigenvalue weighted by molar-refractivity contribution is 0.0512. The van der Waals surface area contributed by atoms with Crippen LogP contribution in [0.25, 0.3) is 0 Å². The molecule has 0 saturated carbocycles. The zero-order chi connectivity index (χ0) is 13.6. The molecule has 0 aliphatic carbocycles. The molecule has 1 aromatic heterocycles. The number of nitrogens with one attached hydrogen (secondary N) is 1. The van der Waals surface area contributed by atoms with Crippen LogP contribution >= 0.6 is 11.3 Å². The second-order valence-electron chi connectivity index (χ2n) is 5.27. The van der Waals surface area contributed by atoms with Gasteiger partial charge in [0, 0.05) is 19.1 Å². The summed E-state index contributed by atoms with van der Waals surface area (Å²) in [5.41, 5.74) is 0.691. The summed E-state index contributed by atoms with van der Waals surface area (Å²) in [5.74, 6) is 0.0205. The van der Waals surface area contributed by atoms with Gasteiger partial charge in [-0.05, 0) is 49.6 Å². The number of ether oxygens (including phenoxy) is 1. The molecule has 2 N–H and O–H groups in total. The van der Waals surface area contributed by atoms with Crippen molar-refractivity contribution < 1.29 is 14.6 Å². The summed E-state index contributed by atoms with van der Waals surface area (Å²) >= 11 is 1.63. The minimum absolute atomic E-state index is 0.0205. The van der Waals surface area contributed by atoms with Crippen LogP contribution < -0.4 is 5.32 Å². The Kier molecular flexibility index (Phi) is 5.62. The Morgan fingerprint density at radius 2 is 2.28 bits per heavy atom. The molecule has 102 valence electrons. The van der Waals surface area contributed by atoms with Crippen LogP contribution in [0.15, 0.2) is 16.8 Å². The maximum Gasteiger partial charge on any atom is 0.407 e. The lowest BCUT2D eigenvalue weighted by Crippen LogP contribution is -2.36. The Bertz CT molecular complexity index is 357. The van der Waals surface area contributed by atoms with Crippen LogP contribution in [-0.2, 0) is 11.2 Å². The fraction of sp³-hybridized carbons (Fsp3) is 0.615. The molecule has 1 unspecified atom stereocenters. The van der Waals surface area contributed by atoms with Crippen molar-refractivity contribution in [2.24, 2.45) is 5.92 Å². The summed E-state index contributed by atoms with van der Waals surface area (Å²) in [4.78, 5) is 11.5. The molecule has 1 atom stereocenters. The third-order valence-corrected chi connectivity index (χ3v) is 3.03. The molecule has 1 amide bonds. The van der Waals surface area contributed by atoms with Crippen LogP contribution in [0.3, 0.4) is 0 Å². The van der Waals surface area contributed by atoms with E-state index >= 15 is 0 Å². The van der Waals surface area contributed by atoms with Crippen molar-refractivity contribution in [2.45, 2.75) is 32.8 Å². The second-order valence-corrected chi connectivity index (χ2v) is 6.05. The van der Waals surface area contributed by atoms with E-state index in [0.29, 0.717) is 6.54 Å². The predicted molar refractivity (Wildman–Crippen MR) is 72.8 cm³/mol. The van der Waals surface area contributed by atoms with E-state index in [1.807, 2.05) is 32.2 Å². The number of aliphatic hydroxyl groups excluding tert-OH is 1. The molecule has 0 saturated heterocycles. The molecule has 18 heavy (non-hydrogen) atoms. The highest BCUT2D eigenvalue weighted by molar-refractivity contribution is 7.07. The zero-order valence-corrected chi connectivity index (χ0v) is 11.9. The zero-order valence-electron chi connectivity index (χ0n) is 11.1. The maximum absolute atomic E-state index is 11.5. The van der Waals surface area contributed by atoms with Crippen LogP contribution in [0.1, 0.15) is 26.3 Å². The Balaban J connectivity index is 2.33. The lowest BCUT2D eigenvalue weighted by Gasteiger charge is -2.21. The van der Waals surface area contributed by atoms with Crippen molar-refractivity contribution >= 4 is 17.4 Å². The SMILES string of the molecule is CC(C)(C)OC(=O)NCC(CO)Cc1ccsc1. The average Bonchev–Trinajstić information content (AvgIpc) is 2.74. The number of amides is 1. The molecule has 1 rings (SSSR count). The summed E-state index contributed by atoms with van der Waals surface area (Å²) in [6.45, 7) is 5.93. The van der Waals surface area contributed by atoms with Gasteiger partial charge in [0.05, 0.1) is 0 Å². The van der Waals surface area contributed by atoms with E-state index in [2.05, 4.69) is 10.7 Å². The minimum atomic E-state index is -0.494. The first-order chi connectivity index (χ1) is 8.40. The van der Waals surface area contributed by atoms with Crippen molar-refractivity contribution in [1.82, 2.24) is 5.32 Å². The van der Waals surface area contributed by atoms with E-state index in [-0.39, 0.29) is 12.5 Å². The van der Waals surface area contributed by atoms with Crippen LogP contribution in [0.5, 0.6) is 0 Å². The topological polar surface area (TPSA) is 58.6 Å². The number of carbonyl (C=O) groups is 1. The van der Waals surface area contributed by atoms with E-state index < -0.39 is 11.7 Å². The second kappa shape index (κ2) is 6.75. The predicted octanol–water partition coefficient (Wildman–Crippen LogP) is 2.42. The van der Waals surface area contributed by atoms with Gasteiger partial charge in [-0.3, -0.25) is 0 Å². The third kappa shape index (κ3) is 6.02. The molecule has 0 fully saturated rings. The first-order valence-corrected chi connectivity index (χ1v) is 6.94. The summed E-state index contributed by atoms with van der Waals surface area (Å²) in [6.07, 6.45) is 0.321. The van der Waals surface area contributed by atoms with Gasteiger partial charge < -0.3 is 15.2 Å². The standard InChI is InChI=1S/C13H21NO3S/c1-13(2,3)17-12(16)14-7-11(8-15)6-10-4-5-18-9-10/h4-5,9,11,15H,6-8H2,1-3H3,(H,14,16). The molecular weight excluding hydrogens is 250 g/mol. The first kappa shape index (κ1) is 15.0. The van der Waals surface area contributed by atoms with Gasteiger partial charge in [0.1, 0.15) is 5.60 Å². The Hall–Kier alpha value is -1.07. The minimum Gasteiger partial charge on any atom is -0.444 e. The molecule has 0 radical (unpaired) electrons. The smallest absolute Gasteiger partial charge is 0.407 e. The number of thiophene rings is 1. The molecule has 0 aliphatic heterocycles. The summed E-state index contributed by atoms with van der Waals surface area (Å²) in [6, 6.07) is 2.03. The number of hydrogen-bond acceptors (Lipinski definition) is 4. The fourth-order valence-corrected chi connectivity index (χ4v) is 2.17. The van der Waals surface area contributed by atoms with E-state index in [4.69, 9.17) is 4.74 Å². The van der Waals surface area contributed by atoms with Crippen LogP contribution in [0, 0.1) is 5.92 Å². The van der Waals surface area contributed by atoms with Crippen molar-refractivity contribution in [3.8, 4) is 0 Å². The molecule has 0 aliphatic rings. The van der Waals surface area contributed by atoms with Gasteiger partial charge in [-0.1, -0.05) is 0 Å². The first-order valence-electron chi connectivity index (χ1n) is 5.99.